The molecule has 0 amide bonds. The van der Waals surface area contributed by atoms with E-state index in [0.717, 1.165) is 37.8 Å². The van der Waals surface area contributed by atoms with Crippen molar-refractivity contribution in [1.82, 2.24) is 4.57 Å². The number of hydrogen-bond donors (Lipinski definition) is 0. The smallest absolute Gasteiger partial charge is 0.269 e. The van der Waals surface area contributed by atoms with Crippen LogP contribution in [-0.4, -0.2) is 48.6 Å². The van der Waals surface area contributed by atoms with Gasteiger partial charge in [0.15, 0.2) is 6.54 Å². The number of rotatable bonds is 12. The second kappa shape index (κ2) is 14.4. The third kappa shape index (κ3) is 8.37. The summed E-state index contributed by atoms with van der Waals surface area (Å²) >= 11 is 2.83. The molecule has 0 saturated carbocycles. The lowest BCUT2D eigenvalue weighted by molar-refractivity contribution is -0.683. The monoisotopic (exact) mass is 698 g/mol. The van der Waals surface area contributed by atoms with Gasteiger partial charge in [-0.25, -0.2) is 16.8 Å². The fraction of sp³-hybridized carbons (Fsp3) is 0.250. The minimum absolute atomic E-state index is 0.132. The molecule has 0 unspecified atom stereocenters. The SMILES string of the molecule is CCn1c(=O)/c(=C\C=C2\C=CN(CCCS(=O)(=O)[O-])c3ccccc32)s/c1=C\c1scc(-c2ccccc2)[n+]1CCCS(=O)(=O)[O-]. The first-order valence-electron chi connectivity index (χ1n) is 14.5. The van der Waals surface area contributed by atoms with E-state index in [1.54, 1.807) is 10.6 Å². The van der Waals surface area contributed by atoms with Crippen molar-refractivity contribution >= 4 is 66.3 Å². The summed E-state index contributed by atoms with van der Waals surface area (Å²) in [5, 5.41) is 2.81. The number of allylic oxidation sites excluding steroid dienone is 3. The van der Waals surface area contributed by atoms with Crippen LogP contribution in [-0.2, 0) is 33.3 Å². The molecule has 14 heteroatoms. The van der Waals surface area contributed by atoms with Crippen LogP contribution in [0.3, 0.4) is 0 Å². The van der Waals surface area contributed by atoms with Crippen LogP contribution in [0.25, 0.3) is 29.0 Å². The highest BCUT2D eigenvalue weighted by atomic mass is 32.2. The first-order valence-corrected chi connectivity index (χ1v) is 19.4. The molecule has 0 atom stereocenters. The maximum atomic E-state index is 13.5. The summed E-state index contributed by atoms with van der Waals surface area (Å²) in [6, 6.07) is 17.4. The first kappa shape index (κ1) is 33.7. The van der Waals surface area contributed by atoms with Crippen molar-refractivity contribution in [3.05, 3.63) is 108 Å². The van der Waals surface area contributed by atoms with Gasteiger partial charge >= 0.3 is 0 Å². The Morgan fingerprint density at radius 1 is 0.913 bits per heavy atom. The van der Waals surface area contributed by atoms with Gasteiger partial charge in [-0.05, 0) is 49.3 Å². The van der Waals surface area contributed by atoms with E-state index in [1.807, 2.05) is 101 Å². The van der Waals surface area contributed by atoms with Crippen molar-refractivity contribution in [3.63, 3.8) is 0 Å². The maximum absolute atomic E-state index is 13.5. The molecule has 1 aliphatic heterocycles. The van der Waals surface area contributed by atoms with Crippen molar-refractivity contribution in [2.45, 2.75) is 32.9 Å². The van der Waals surface area contributed by atoms with E-state index in [-0.39, 0.29) is 18.4 Å². The van der Waals surface area contributed by atoms with Crippen molar-refractivity contribution < 1.29 is 30.5 Å². The Bertz CT molecular complexity index is 2180. The molecule has 0 bridgehead atoms. The molecule has 0 radical (unpaired) electrons. The number of aromatic nitrogens is 2. The average Bonchev–Trinajstić information content (AvgIpc) is 3.55. The molecule has 1 aliphatic rings. The summed E-state index contributed by atoms with van der Waals surface area (Å²) in [6.07, 6.45) is 9.71. The van der Waals surface area contributed by atoms with E-state index >= 15 is 0 Å². The Morgan fingerprint density at radius 2 is 1.61 bits per heavy atom. The van der Waals surface area contributed by atoms with Crippen LogP contribution in [0.1, 0.15) is 30.3 Å². The third-order valence-electron chi connectivity index (χ3n) is 7.36. The minimum Gasteiger partial charge on any atom is -0.748 e. The van der Waals surface area contributed by atoms with E-state index in [1.165, 1.54) is 22.7 Å². The Labute approximate surface area is 275 Å². The quantitative estimate of drug-likeness (QED) is 0.162. The Balaban J connectivity index is 1.51. The standard InChI is InChI=1S/C32H33N3O7S4/c1-2-34-31(22-30-35(18-9-21-46(40,41)42)28(23-43-30)25-10-4-3-5-11-25)44-29(32(34)36)15-14-24-16-19-33(17-8-20-45(37,38)39)27-13-7-6-12-26(24)27/h3-7,10-16,19,22-23H,2,8-9,17-18,20-21H2,1H3,(H-,37,38,39,40,41,42)/p-1/b24-14-,29-15+. The molecule has 3 heterocycles. The molecule has 0 saturated heterocycles. The Morgan fingerprint density at radius 3 is 2.33 bits per heavy atom. The number of hydrogen-bond acceptors (Lipinski definition) is 10. The van der Waals surface area contributed by atoms with Crippen LogP contribution in [0, 0.1) is 0 Å². The Hall–Kier alpha value is -3.66. The van der Waals surface area contributed by atoms with Gasteiger partial charge in [0.25, 0.3) is 10.6 Å². The van der Waals surface area contributed by atoms with E-state index < -0.39 is 31.7 Å². The zero-order valence-electron chi connectivity index (χ0n) is 24.9. The molecular weight excluding hydrogens is 667 g/mol. The van der Waals surface area contributed by atoms with Gasteiger partial charge in [-0.3, -0.25) is 9.36 Å². The van der Waals surface area contributed by atoms with Gasteiger partial charge < -0.3 is 14.0 Å². The molecule has 0 aliphatic carbocycles. The summed E-state index contributed by atoms with van der Waals surface area (Å²) < 4.78 is 72.0. The molecular formula is C32H32N3O7S4-. The van der Waals surface area contributed by atoms with Crippen molar-refractivity contribution in [1.29, 1.82) is 0 Å². The summed E-state index contributed by atoms with van der Waals surface area (Å²) in [7, 11) is -8.64. The lowest BCUT2D eigenvalue weighted by Crippen LogP contribution is -2.38. The lowest BCUT2D eigenvalue weighted by atomic mass is 9.99. The Kier molecular flexibility index (Phi) is 10.6. The predicted molar refractivity (Wildman–Crippen MR) is 181 cm³/mol. The average molecular weight is 699 g/mol. The normalized spacial score (nSPS) is 15.2. The van der Waals surface area contributed by atoms with Crippen molar-refractivity contribution in [3.8, 4) is 11.3 Å². The van der Waals surface area contributed by atoms with E-state index in [0.29, 0.717) is 24.2 Å². The zero-order chi connectivity index (χ0) is 32.9. The van der Waals surface area contributed by atoms with Gasteiger partial charge in [0.2, 0.25) is 5.69 Å². The zero-order valence-corrected chi connectivity index (χ0v) is 28.2. The summed E-state index contributed by atoms with van der Waals surface area (Å²) in [5.74, 6) is -0.897. The van der Waals surface area contributed by atoms with E-state index in [4.69, 9.17) is 0 Å². The molecule has 2 aromatic heterocycles. The number of benzene rings is 2. The van der Waals surface area contributed by atoms with Gasteiger partial charge in [-0.2, -0.15) is 4.57 Å². The topological polar surface area (TPSA) is 144 Å². The predicted octanol–water partition coefficient (Wildman–Crippen LogP) is 2.84. The summed E-state index contributed by atoms with van der Waals surface area (Å²) in [5.41, 5.74) is 4.39. The first-order chi connectivity index (χ1) is 21.9. The van der Waals surface area contributed by atoms with Crippen LogP contribution in [0.2, 0.25) is 0 Å². The third-order valence-corrected chi connectivity index (χ3v) is 10.9. The van der Waals surface area contributed by atoms with Gasteiger partial charge in [0.1, 0.15) is 4.66 Å². The van der Waals surface area contributed by atoms with Crippen molar-refractivity contribution in [2.24, 2.45) is 0 Å². The molecule has 0 N–H and O–H groups in total. The molecule has 2 aromatic carbocycles. The molecule has 242 valence electrons. The molecule has 4 aromatic rings. The second-order valence-corrected chi connectivity index (χ2v) is 15.5. The van der Waals surface area contributed by atoms with Gasteiger partial charge in [-0.1, -0.05) is 53.8 Å². The summed E-state index contributed by atoms with van der Waals surface area (Å²) in [4.78, 5) is 15.4. The fourth-order valence-corrected chi connectivity index (χ4v) is 8.31. The molecule has 5 rings (SSSR count). The van der Waals surface area contributed by atoms with Gasteiger partial charge in [0.05, 0.1) is 36.2 Å². The number of para-hydroxylation sites is 1. The molecule has 46 heavy (non-hydrogen) atoms. The number of fused-ring (bicyclic) bond motifs is 1. The number of thiazole rings is 2. The molecule has 0 fully saturated rings. The lowest BCUT2D eigenvalue weighted by Gasteiger charge is -2.27. The van der Waals surface area contributed by atoms with Crippen LogP contribution in [0.5, 0.6) is 0 Å². The van der Waals surface area contributed by atoms with Crippen LogP contribution in [0.4, 0.5) is 5.69 Å². The van der Waals surface area contributed by atoms with E-state index in [9.17, 15) is 30.7 Å². The minimum atomic E-state index is -4.35. The van der Waals surface area contributed by atoms with Gasteiger partial charge in [-0.15, -0.1) is 11.3 Å². The van der Waals surface area contributed by atoms with Crippen molar-refractivity contribution in [2.75, 3.05) is 23.0 Å². The van der Waals surface area contributed by atoms with Crippen LogP contribution < -0.4 is 24.2 Å². The largest absolute Gasteiger partial charge is 0.748 e. The van der Waals surface area contributed by atoms with E-state index in [2.05, 4.69) is 0 Å². The number of anilines is 1. The highest BCUT2D eigenvalue weighted by molar-refractivity contribution is 7.85. The maximum Gasteiger partial charge on any atom is 0.269 e. The van der Waals surface area contributed by atoms with Gasteiger partial charge in [0, 0.05) is 54.0 Å². The number of nitrogens with zero attached hydrogens (tertiary/aromatic N) is 3. The highest BCUT2D eigenvalue weighted by Gasteiger charge is 2.21. The summed E-state index contributed by atoms with van der Waals surface area (Å²) in [6.45, 7) is 3.05. The second-order valence-electron chi connectivity index (χ2n) is 10.5. The van der Waals surface area contributed by atoms with Crippen LogP contribution >= 0.6 is 22.7 Å². The fourth-order valence-electron chi connectivity index (χ4n) is 5.23. The molecule has 10 nitrogen and oxygen atoms in total. The highest BCUT2D eigenvalue weighted by Crippen LogP contribution is 2.32. The van der Waals surface area contributed by atoms with Crippen LogP contribution in [0.15, 0.2) is 83.1 Å². The molecule has 0 spiro atoms.